The van der Waals surface area contributed by atoms with Crippen molar-refractivity contribution in [1.82, 2.24) is 0 Å². The highest BCUT2D eigenvalue weighted by molar-refractivity contribution is 8.27. The molecule has 35 heavy (non-hydrogen) atoms. The zero-order chi connectivity index (χ0) is 25.1. The molecule has 2 amide bonds. The molecule has 0 atom stereocenters. The normalized spacial score (nSPS) is 14.5. The van der Waals surface area contributed by atoms with E-state index < -0.39 is 0 Å². The maximum absolute atomic E-state index is 12.9. The number of anilines is 2. The second-order valence-electron chi connectivity index (χ2n) is 7.49. The SMILES string of the molecule is Cc1ccc(NC(=O)COc2ccc(/C=C3\SC(=S)N(c4ccc(Cl)c(Cl)c4)C3=O)cc2)cc1Cl. The molecule has 5 nitrogen and oxygen atoms in total. The number of rotatable bonds is 6. The molecule has 0 aromatic heterocycles. The Morgan fingerprint density at radius 2 is 1.77 bits per heavy atom. The minimum absolute atomic E-state index is 0.160. The molecular weight excluding hydrogens is 547 g/mol. The Bertz CT molecular complexity index is 1360. The zero-order valence-corrected chi connectivity index (χ0v) is 22.1. The van der Waals surface area contributed by atoms with Gasteiger partial charge in [0.1, 0.15) is 5.75 Å². The van der Waals surface area contributed by atoms with Gasteiger partial charge in [-0.3, -0.25) is 14.5 Å². The van der Waals surface area contributed by atoms with Crippen molar-refractivity contribution in [2.45, 2.75) is 6.92 Å². The van der Waals surface area contributed by atoms with Crippen LogP contribution in [0.25, 0.3) is 6.08 Å². The van der Waals surface area contributed by atoms with E-state index in [9.17, 15) is 9.59 Å². The van der Waals surface area contributed by atoms with Crippen molar-refractivity contribution in [1.29, 1.82) is 0 Å². The number of thiocarbonyl (C=S) groups is 1. The van der Waals surface area contributed by atoms with Crippen LogP contribution >= 0.6 is 58.8 Å². The van der Waals surface area contributed by atoms with E-state index in [1.807, 2.05) is 13.0 Å². The fourth-order valence-electron chi connectivity index (χ4n) is 3.14. The highest BCUT2D eigenvalue weighted by Gasteiger charge is 2.33. The first kappa shape index (κ1) is 25.5. The number of amides is 2. The number of benzene rings is 3. The zero-order valence-electron chi connectivity index (χ0n) is 18.2. The van der Waals surface area contributed by atoms with Gasteiger partial charge in [-0.05, 0) is 66.6 Å². The van der Waals surface area contributed by atoms with E-state index in [4.69, 9.17) is 51.8 Å². The summed E-state index contributed by atoms with van der Waals surface area (Å²) in [5.74, 6) is -0.0332. The molecule has 1 saturated heterocycles. The lowest BCUT2D eigenvalue weighted by molar-refractivity contribution is -0.118. The van der Waals surface area contributed by atoms with Gasteiger partial charge in [0, 0.05) is 10.7 Å². The van der Waals surface area contributed by atoms with Crippen LogP contribution in [0.15, 0.2) is 65.6 Å². The molecule has 10 heteroatoms. The first-order valence-electron chi connectivity index (χ1n) is 10.2. The molecule has 3 aromatic carbocycles. The third kappa shape index (κ3) is 6.18. The predicted molar refractivity (Wildman–Crippen MR) is 149 cm³/mol. The van der Waals surface area contributed by atoms with Crippen LogP contribution in [-0.4, -0.2) is 22.7 Å². The molecule has 1 N–H and O–H groups in total. The van der Waals surface area contributed by atoms with E-state index >= 15 is 0 Å². The van der Waals surface area contributed by atoms with Crippen LogP contribution in [0.3, 0.4) is 0 Å². The highest BCUT2D eigenvalue weighted by Crippen LogP contribution is 2.38. The van der Waals surface area contributed by atoms with Gasteiger partial charge in [-0.2, -0.15) is 0 Å². The third-order valence-electron chi connectivity index (χ3n) is 4.96. The number of nitrogens with one attached hydrogen (secondary N) is 1. The number of halogens is 3. The van der Waals surface area contributed by atoms with Crippen molar-refractivity contribution < 1.29 is 14.3 Å². The summed E-state index contributed by atoms with van der Waals surface area (Å²) in [7, 11) is 0. The maximum atomic E-state index is 12.9. The Labute approximate surface area is 227 Å². The van der Waals surface area contributed by atoms with Crippen LogP contribution in [-0.2, 0) is 9.59 Å². The average Bonchev–Trinajstić information content (AvgIpc) is 3.10. The van der Waals surface area contributed by atoms with Gasteiger partial charge in [0.15, 0.2) is 10.9 Å². The van der Waals surface area contributed by atoms with Crippen LogP contribution in [0.1, 0.15) is 11.1 Å². The van der Waals surface area contributed by atoms with E-state index in [0.717, 1.165) is 11.1 Å². The molecule has 1 fully saturated rings. The first-order valence-corrected chi connectivity index (χ1v) is 12.6. The lowest BCUT2D eigenvalue weighted by atomic mass is 10.2. The Morgan fingerprint density at radius 1 is 1.03 bits per heavy atom. The largest absolute Gasteiger partial charge is 0.484 e. The fourth-order valence-corrected chi connectivity index (χ4v) is 4.91. The van der Waals surface area contributed by atoms with E-state index in [0.29, 0.717) is 41.4 Å². The summed E-state index contributed by atoms with van der Waals surface area (Å²) < 4.78 is 5.97. The molecule has 4 rings (SSSR count). The molecular formula is C25H17Cl3N2O3S2. The first-order chi connectivity index (χ1) is 16.7. The monoisotopic (exact) mass is 562 g/mol. The summed E-state index contributed by atoms with van der Waals surface area (Å²) >= 11 is 24.7. The number of nitrogens with zero attached hydrogens (tertiary/aromatic N) is 1. The molecule has 178 valence electrons. The second kappa shape index (κ2) is 11.0. The van der Waals surface area contributed by atoms with E-state index in [1.54, 1.807) is 60.7 Å². The van der Waals surface area contributed by atoms with Crippen LogP contribution in [0.5, 0.6) is 5.75 Å². The lowest BCUT2D eigenvalue weighted by Crippen LogP contribution is -2.27. The number of ether oxygens (including phenoxy) is 1. The third-order valence-corrected chi connectivity index (χ3v) is 7.41. The molecule has 0 radical (unpaired) electrons. The topological polar surface area (TPSA) is 58.6 Å². The van der Waals surface area contributed by atoms with Gasteiger partial charge < -0.3 is 10.1 Å². The number of hydrogen-bond acceptors (Lipinski definition) is 5. The van der Waals surface area contributed by atoms with E-state index in [2.05, 4.69) is 5.32 Å². The van der Waals surface area contributed by atoms with Crippen molar-refractivity contribution in [2.75, 3.05) is 16.8 Å². The quantitative estimate of drug-likeness (QED) is 0.250. The number of carbonyl (C=O) groups is 2. The van der Waals surface area contributed by atoms with Crippen LogP contribution in [0, 0.1) is 6.92 Å². The number of hydrogen-bond donors (Lipinski definition) is 1. The van der Waals surface area contributed by atoms with E-state index in [1.165, 1.54) is 16.7 Å². The van der Waals surface area contributed by atoms with Crippen LogP contribution < -0.4 is 15.0 Å². The molecule has 0 saturated carbocycles. The molecule has 1 heterocycles. The van der Waals surface area contributed by atoms with Crippen molar-refractivity contribution in [2.24, 2.45) is 0 Å². The predicted octanol–water partition coefficient (Wildman–Crippen LogP) is 7.38. The Hall–Kier alpha value is -2.55. The molecule has 1 aliphatic heterocycles. The summed E-state index contributed by atoms with van der Waals surface area (Å²) in [4.78, 5) is 27.0. The Kier molecular flexibility index (Phi) is 8.04. The molecule has 0 aliphatic carbocycles. The molecule has 0 spiro atoms. The maximum Gasteiger partial charge on any atom is 0.270 e. The van der Waals surface area contributed by atoms with Gasteiger partial charge in [0.2, 0.25) is 0 Å². The molecule has 3 aromatic rings. The highest BCUT2D eigenvalue weighted by atomic mass is 35.5. The van der Waals surface area contributed by atoms with E-state index in [-0.39, 0.29) is 18.4 Å². The van der Waals surface area contributed by atoms with Gasteiger partial charge in [0.25, 0.3) is 11.8 Å². The number of aryl methyl sites for hydroxylation is 1. The average molecular weight is 564 g/mol. The molecule has 1 aliphatic rings. The standard InChI is InChI=1S/C25H17Cl3N2O3S2/c1-14-2-5-16(11-20(14)27)29-23(31)13-33-18-7-3-15(4-8-18)10-22-24(32)30(25(34)35-22)17-6-9-19(26)21(28)12-17/h2-12H,13H2,1H3,(H,29,31)/b22-10-. The summed E-state index contributed by atoms with van der Waals surface area (Å²) in [5.41, 5.74) is 2.87. The van der Waals surface area contributed by atoms with Crippen molar-refractivity contribution in [3.05, 3.63) is 91.8 Å². The van der Waals surface area contributed by atoms with Gasteiger partial charge in [-0.1, -0.05) is 77.0 Å². The lowest BCUT2D eigenvalue weighted by Gasteiger charge is -2.15. The van der Waals surface area contributed by atoms with Crippen molar-refractivity contribution in [3.63, 3.8) is 0 Å². The summed E-state index contributed by atoms with van der Waals surface area (Å²) in [6.45, 7) is 1.73. The van der Waals surface area contributed by atoms with Gasteiger partial charge in [0.05, 0.1) is 20.6 Å². The summed E-state index contributed by atoms with van der Waals surface area (Å²) in [6.07, 6.45) is 1.74. The Balaban J connectivity index is 1.37. The van der Waals surface area contributed by atoms with Gasteiger partial charge >= 0.3 is 0 Å². The minimum Gasteiger partial charge on any atom is -0.484 e. The van der Waals surface area contributed by atoms with Crippen molar-refractivity contribution >= 4 is 92.4 Å². The minimum atomic E-state index is -0.306. The summed E-state index contributed by atoms with van der Waals surface area (Å²) in [5, 5.41) is 4.06. The summed E-state index contributed by atoms with van der Waals surface area (Å²) in [6, 6.07) is 17.2. The van der Waals surface area contributed by atoms with Crippen LogP contribution in [0.4, 0.5) is 11.4 Å². The molecule has 0 unspecified atom stereocenters. The van der Waals surface area contributed by atoms with Crippen molar-refractivity contribution in [3.8, 4) is 5.75 Å². The fraction of sp³-hybridized carbons (Fsp3) is 0.0800. The number of carbonyl (C=O) groups excluding carboxylic acids is 2. The molecule has 0 bridgehead atoms. The second-order valence-corrected chi connectivity index (χ2v) is 10.4. The number of thioether (sulfide) groups is 1. The van der Waals surface area contributed by atoms with Gasteiger partial charge in [-0.15, -0.1) is 0 Å². The Morgan fingerprint density at radius 3 is 2.46 bits per heavy atom. The van der Waals surface area contributed by atoms with Gasteiger partial charge in [-0.25, -0.2) is 0 Å². The van der Waals surface area contributed by atoms with Crippen LogP contribution in [0.2, 0.25) is 15.1 Å². The smallest absolute Gasteiger partial charge is 0.270 e.